The van der Waals surface area contributed by atoms with Gasteiger partial charge < -0.3 is 14.7 Å². The second kappa shape index (κ2) is 11.0. The maximum atomic E-state index is 14.1. The smallest absolute Gasteiger partial charge is 0.242 e. The summed E-state index contributed by atoms with van der Waals surface area (Å²) in [5.41, 5.74) is 2.36. The first-order valence-corrected chi connectivity index (χ1v) is 13.4. The van der Waals surface area contributed by atoms with Crippen molar-refractivity contribution < 1.29 is 14.4 Å². The molecule has 0 bridgehead atoms. The van der Waals surface area contributed by atoms with Gasteiger partial charge in [-0.15, -0.1) is 0 Å². The maximum Gasteiger partial charge on any atom is 0.242 e. The average molecular weight is 527 g/mol. The van der Waals surface area contributed by atoms with E-state index in [1.165, 1.54) is 0 Å². The summed E-state index contributed by atoms with van der Waals surface area (Å²) in [4.78, 5) is 50.0. The lowest BCUT2D eigenvalue weighted by Crippen LogP contribution is -2.47. The minimum atomic E-state index is -1.17. The topological polar surface area (TPSA) is 73.8 Å². The standard InChI is InChI=1S/C32H38N4O3/c1-7-36-26-16-15-24(20-27(26)34(6)28(37)32(4,5)30(36)39)22-35(19-17-23-12-11-18-33-21-23)29(38)31(2,3)25-13-9-8-10-14-25/h8-16,18,20-21H,7,17,19,22H2,1-6H3. The molecule has 7 nitrogen and oxygen atoms in total. The summed E-state index contributed by atoms with van der Waals surface area (Å²) in [6, 6.07) is 19.5. The van der Waals surface area contributed by atoms with Crippen LogP contribution in [0.25, 0.3) is 0 Å². The highest BCUT2D eigenvalue weighted by molar-refractivity contribution is 6.19. The molecule has 3 aromatic rings. The van der Waals surface area contributed by atoms with Crippen LogP contribution in [-0.4, -0.2) is 47.7 Å². The molecule has 2 aromatic carbocycles. The fourth-order valence-corrected chi connectivity index (χ4v) is 5.20. The van der Waals surface area contributed by atoms with Crippen LogP contribution in [0.5, 0.6) is 0 Å². The van der Waals surface area contributed by atoms with Gasteiger partial charge in [-0.05, 0) is 75.9 Å². The molecule has 7 heteroatoms. The van der Waals surface area contributed by atoms with Gasteiger partial charge in [0.1, 0.15) is 5.41 Å². The minimum Gasteiger partial charge on any atom is -0.337 e. The third-order valence-electron chi connectivity index (χ3n) is 7.71. The Morgan fingerprint density at radius 3 is 2.31 bits per heavy atom. The van der Waals surface area contributed by atoms with E-state index in [-0.39, 0.29) is 17.7 Å². The minimum absolute atomic E-state index is 0.0171. The number of carbonyl (C=O) groups excluding carboxylic acids is 3. The number of hydrogen-bond acceptors (Lipinski definition) is 4. The molecule has 1 aromatic heterocycles. The summed E-state index contributed by atoms with van der Waals surface area (Å²) in [5, 5.41) is 0. The number of hydrogen-bond donors (Lipinski definition) is 0. The average Bonchev–Trinajstić information content (AvgIpc) is 3.00. The second-order valence-corrected chi connectivity index (χ2v) is 11.2. The summed E-state index contributed by atoms with van der Waals surface area (Å²) in [5.74, 6) is -0.453. The molecule has 0 atom stereocenters. The van der Waals surface area contributed by atoms with Crippen molar-refractivity contribution in [1.29, 1.82) is 0 Å². The van der Waals surface area contributed by atoms with Crippen molar-refractivity contribution in [3.8, 4) is 0 Å². The van der Waals surface area contributed by atoms with E-state index in [1.54, 1.807) is 36.9 Å². The van der Waals surface area contributed by atoms with E-state index >= 15 is 0 Å². The van der Waals surface area contributed by atoms with Gasteiger partial charge in [-0.2, -0.15) is 0 Å². The molecule has 204 valence electrons. The molecule has 0 fully saturated rings. The van der Waals surface area contributed by atoms with Crippen LogP contribution >= 0.6 is 0 Å². The Bertz CT molecular complexity index is 1350. The van der Waals surface area contributed by atoms with Crippen LogP contribution in [0.15, 0.2) is 73.1 Å². The third kappa shape index (κ3) is 5.44. The first-order valence-electron chi connectivity index (χ1n) is 13.4. The Hall–Kier alpha value is -4.00. The van der Waals surface area contributed by atoms with Crippen LogP contribution < -0.4 is 9.80 Å². The zero-order valence-electron chi connectivity index (χ0n) is 23.8. The van der Waals surface area contributed by atoms with E-state index in [9.17, 15) is 14.4 Å². The van der Waals surface area contributed by atoms with Crippen molar-refractivity contribution >= 4 is 29.1 Å². The van der Waals surface area contributed by atoms with Crippen molar-refractivity contribution in [2.45, 2.75) is 53.0 Å². The van der Waals surface area contributed by atoms with Crippen LogP contribution in [0.3, 0.4) is 0 Å². The van der Waals surface area contributed by atoms with Gasteiger partial charge in [-0.3, -0.25) is 19.4 Å². The first-order chi connectivity index (χ1) is 18.5. The Kier molecular flexibility index (Phi) is 7.91. The third-order valence-corrected chi connectivity index (χ3v) is 7.71. The molecule has 39 heavy (non-hydrogen) atoms. The van der Waals surface area contributed by atoms with Gasteiger partial charge in [0, 0.05) is 39.1 Å². The van der Waals surface area contributed by atoms with E-state index in [4.69, 9.17) is 0 Å². The highest BCUT2D eigenvalue weighted by atomic mass is 16.2. The van der Waals surface area contributed by atoms with Gasteiger partial charge in [-0.25, -0.2) is 0 Å². The number of aromatic nitrogens is 1. The quantitative estimate of drug-likeness (QED) is 0.388. The number of fused-ring (bicyclic) bond motifs is 1. The zero-order valence-corrected chi connectivity index (χ0v) is 23.8. The number of nitrogens with zero attached hydrogens (tertiary/aromatic N) is 4. The molecule has 1 aliphatic rings. The molecular formula is C32H38N4O3. The summed E-state index contributed by atoms with van der Waals surface area (Å²) < 4.78 is 0. The molecule has 0 saturated heterocycles. The van der Waals surface area contributed by atoms with Crippen LogP contribution in [0.1, 0.15) is 51.3 Å². The number of amides is 3. The fraction of sp³-hybridized carbons (Fsp3) is 0.375. The molecule has 4 rings (SSSR count). The van der Waals surface area contributed by atoms with Crippen molar-refractivity contribution in [2.24, 2.45) is 5.41 Å². The predicted octanol–water partition coefficient (Wildman–Crippen LogP) is 4.99. The normalized spacial score (nSPS) is 15.1. The van der Waals surface area contributed by atoms with E-state index in [2.05, 4.69) is 4.98 Å². The molecule has 0 N–H and O–H groups in total. The number of carbonyl (C=O) groups is 3. The van der Waals surface area contributed by atoms with E-state index in [0.717, 1.165) is 16.7 Å². The molecular weight excluding hydrogens is 488 g/mol. The molecule has 0 aliphatic carbocycles. The molecule has 0 spiro atoms. The summed E-state index contributed by atoms with van der Waals surface area (Å²) in [6.45, 7) is 10.5. The van der Waals surface area contributed by atoms with Crippen molar-refractivity contribution in [2.75, 3.05) is 29.9 Å². The zero-order chi connectivity index (χ0) is 28.4. The van der Waals surface area contributed by atoms with Gasteiger partial charge in [0.05, 0.1) is 16.8 Å². The lowest BCUT2D eigenvalue weighted by Gasteiger charge is -2.33. The largest absolute Gasteiger partial charge is 0.337 e. The van der Waals surface area contributed by atoms with Gasteiger partial charge in [-0.1, -0.05) is 42.5 Å². The summed E-state index contributed by atoms with van der Waals surface area (Å²) in [7, 11) is 1.71. The molecule has 1 aliphatic heterocycles. The van der Waals surface area contributed by atoms with Crippen molar-refractivity contribution in [1.82, 2.24) is 9.88 Å². The van der Waals surface area contributed by atoms with Gasteiger partial charge >= 0.3 is 0 Å². The van der Waals surface area contributed by atoms with Crippen LogP contribution in [0.2, 0.25) is 0 Å². The van der Waals surface area contributed by atoms with Gasteiger partial charge in [0.15, 0.2) is 0 Å². The van der Waals surface area contributed by atoms with E-state index < -0.39 is 10.8 Å². The monoisotopic (exact) mass is 526 g/mol. The van der Waals surface area contributed by atoms with Crippen molar-refractivity contribution in [3.05, 3.63) is 89.7 Å². The van der Waals surface area contributed by atoms with Gasteiger partial charge in [0.2, 0.25) is 17.7 Å². The Balaban J connectivity index is 1.70. The molecule has 2 heterocycles. The lowest BCUT2D eigenvalue weighted by atomic mass is 9.83. The van der Waals surface area contributed by atoms with Crippen LogP contribution in [0.4, 0.5) is 11.4 Å². The number of pyridine rings is 1. The molecule has 0 radical (unpaired) electrons. The number of rotatable bonds is 8. The van der Waals surface area contributed by atoms with E-state index in [0.29, 0.717) is 37.4 Å². The summed E-state index contributed by atoms with van der Waals surface area (Å²) >= 11 is 0. The second-order valence-electron chi connectivity index (χ2n) is 11.2. The predicted molar refractivity (Wildman–Crippen MR) is 154 cm³/mol. The highest BCUT2D eigenvalue weighted by Crippen LogP contribution is 2.39. The van der Waals surface area contributed by atoms with Crippen LogP contribution in [0, 0.1) is 5.41 Å². The SMILES string of the molecule is CCN1C(=O)C(C)(C)C(=O)N(C)c2cc(CN(CCc3cccnc3)C(=O)C(C)(C)c3ccccc3)ccc21. The number of benzene rings is 2. The first kappa shape index (κ1) is 28.0. The lowest BCUT2D eigenvalue weighted by molar-refractivity contribution is -0.138. The van der Waals surface area contributed by atoms with Gasteiger partial charge in [0.25, 0.3) is 0 Å². The fourth-order valence-electron chi connectivity index (χ4n) is 5.20. The molecule has 0 saturated carbocycles. The Morgan fingerprint density at radius 2 is 1.67 bits per heavy atom. The number of anilines is 2. The molecule has 0 unspecified atom stereocenters. The Labute approximate surface area is 231 Å². The Morgan fingerprint density at radius 1 is 0.949 bits per heavy atom. The molecule has 3 amide bonds. The highest BCUT2D eigenvalue weighted by Gasteiger charge is 2.45. The maximum absolute atomic E-state index is 14.1. The van der Waals surface area contributed by atoms with E-state index in [1.807, 2.05) is 92.5 Å². The van der Waals surface area contributed by atoms with Crippen LogP contribution in [-0.2, 0) is 32.8 Å². The van der Waals surface area contributed by atoms with Crippen molar-refractivity contribution in [3.63, 3.8) is 0 Å². The summed E-state index contributed by atoms with van der Waals surface area (Å²) in [6.07, 6.45) is 4.23.